The van der Waals surface area contributed by atoms with Crippen molar-refractivity contribution in [3.05, 3.63) is 65.6 Å². The molecule has 1 aliphatic heterocycles. The van der Waals surface area contributed by atoms with Gasteiger partial charge in [-0.2, -0.15) is 5.10 Å². The molecule has 2 aromatic carbocycles. The van der Waals surface area contributed by atoms with Gasteiger partial charge in [-0.3, -0.25) is 14.3 Å². The lowest BCUT2D eigenvalue weighted by atomic mass is 9.94. The molecule has 1 saturated heterocycles. The molecule has 0 bridgehead atoms. The Kier molecular flexibility index (Phi) is 8.52. The highest BCUT2D eigenvalue weighted by molar-refractivity contribution is 5.82. The molecule has 0 radical (unpaired) electrons. The standard InChI is InChI=1S/C30H32F2N4O4/c1-30(2,3)40-28(38)13-19-7-6-12-35(16-19)27(37)18-36-17-22(20-9-11-26(39-5)24(32)14-20)29(34-36)21-8-10-25(33-4)23(31)15-21/h8-11,14-15,17,19H,6-7,12-13,16,18H2,1-3,5H3/t19-/m0/s1. The van der Waals surface area contributed by atoms with Crippen LogP contribution in [0, 0.1) is 24.1 Å². The number of halogens is 2. The second-order valence-corrected chi connectivity index (χ2v) is 10.9. The van der Waals surface area contributed by atoms with Gasteiger partial charge in [0.15, 0.2) is 11.6 Å². The molecule has 1 aliphatic rings. The Morgan fingerprint density at radius 1 is 1.12 bits per heavy atom. The van der Waals surface area contributed by atoms with E-state index in [1.165, 1.54) is 36.1 Å². The first-order valence-electron chi connectivity index (χ1n) is 13.1. The van der Waals surface area contributed by atoms with Crippen LogP contribution in [0.15, 0.2) is 42.6 Å². The fraction of sp³-hybridized carbons (Fsp3) is 0.400. The summed E-state index contributed by atoms with van der Waals surface area (Å²) in [6, 6.07) is 8.57. The third kappa shape index (κ3) is 6.84. The molecule has 4 rings (SSSR count). The molecular weight excluding hydrogens is 518 g/mol. The van der Waals surface area contributed by atoms with Crippen LogP contribution in [0.4, 0.5) is 14.5 Å². The number of benzene rings is 2. The van der Waals surface area contributed by atoms with E-state index in [1.807, 2.05) is 20.8 Å². The number of hydrogen-bond acceptors (Lipinski definition) is 5. The Morgan fingerprint density at radius 2 is 1.85 bits per heavy atom. The lowest BCUT2D eigenvalue weighted by molar-refractivity contribution is -0.157. The van der Waals surface area contributed by atoms with Crippen LogP contribution in [0.1, 0.15) is 40.0 Å². The van der Waals surface area contributed by atoms with Crippen molar-refractivity contribution in [2.75, 3.05) is 20.2 Å². The number of likely N-dealkylation sites (tertiary alicyclic amines) is 1. The SMILES string of the molecule is [C-]#[N+]c1ccc(-c2nn(CC(=O)N3CCC[C@@H](CC(=O)OC(C)(C)C)C3)cc2-c2ccc(OC)c(F)c2)cc1F. The first-order chi connectivity index (χ1) is 19.0. The van der Waals surface area contributed by atoms with E-state index in [4.69, 9.17) is 16.0 Å². The van der Waals surface area contributed by atoms with Gasteiger partial charge in [0.1, 0.15) is 23.7 Å². The Labute approximate surface area is 232 Å². The summed E-state index contributed by atoms with van der Waals surface area (Å²) in [4.78, 5) is 30.5. The van der Waals surface area contributed by atoms with Gasteiger partial charge in [0, 0.05) is 30.4 Å². The number of amides is 1. The van der Waals surface area contributed by atoms with E-state index in [0.29, 0.717) is 35.5 Å². The number of carbonyl (C=O) groups excluding carboxylic acids is 2. The summed E-state index contributed by atoms with van der Waals surface area (Å²) in [5.74, 6) is -1.65. The molecular formula is C30H32F2N4O4. The Morgan fingerprint density at radius 3 is 2.50 bits per heavy atom. The van der Waals surface area contributed by atoms with Gasteiger partial charge >= 0.3 is 5.97 Å². The summed E-state index contributed by atoms with van der Waals surface area (Å²) in [5, 5.41) is 4.57. The Bertz CT molecular complexity index is 1450. The predicted octanol–water partition coefficient (Wildman–Crippen LogP) is 6.03. The average Bonchev–Trinajstić information content (AvgIpc) is 3.31. The molecule has 0 N–H and O–H groups in total. The van der Waals surface area contributed by atoms with Gasteiger partial charge in [0.05, 0.1) is 20.1 Å². The highest BCUT2D eigenvalue weighted by Gasteiger charge is 2.28. The Hall–Kier alpha value is -4.26. The molecule has 1 atom stereocenters. The molecule has 8 nitrogen and oxygen atoms in total. The summed E-state index contributed by atoms with van der Waals surface area (Å²) in [6.45, 7) is 13.5. The van der Waals surface area contributed by atoms with E-state index < -0.39 is 17.2 Å². The van der Waals surface area contributed by atoms with Crippen molar-refractivity contribution in [2.45, 2.75) is 52.2 Å². The van der Waals surface area contributed by atoms with Crippen LogP contribution in [0.5, 0.6) is 5.75 Å². The van der Waals surface area contributed by atoms with E-state index in [9.17, 15) is 18.4 Å². The van der Waals surface area contributed by atoms with Crippen LogP contribution in [0.3, 0.4) is 0 Å². The smallest absolute Gasteiger partial charge is 0.306 e. The minimum atomic E-state index is -0.700. The van der Waals surface area contributed by atoms with Crippen molar-refractivity contribution in [1.29, 1.82) is 0 Å². The number of ether oxygens (including phenoxy) is 2. The molecule has 1 aromatic heterocycles. The zero-order valence-electron chi connectivity index (χ0n) is 23.0. The number of methoxy groups -OCH3 is 1. The topological polar surface area (TPSA) is 78.0 Å². The molecule has 1 amide bonds. The lowest BCUT2D eigenvalue weighted by Crippen LogP contribution is -2.42. The molecule has 40 heavy (non-hydrogen) atoms. The maximum Gasteiger partial charge on any atom is 0.306 e. The summed E-state index contributed by atoms with van der Waals surface area (Å²) in [7, 11) is 1.37. The number of esters is 1. The molecule has 210 valence electrons. The van der Waals surface area contributed by atoms with Crippen LogP contribution < -0.4 is 4.74 Å². The largest absolute Gasteiger partial charge is 0.494 e. The zero-order chi connectivity index (χ0) is 29.0. The van der Waals surface area contributed by atoms with Gasteiger partial charge in [-0.15, -0.1) is 0 Å². The summed E-state index contributed by atoms with van der Waals surface area (Å²) < 4.78 is 41.0. The number of carbonyl (C=O) groups is 2. The van der Waals surface area contributed by atoms with E-state index >= 15 is 0 Å². The zero-order valence-corrected chi connectivity index (χ0v) is 23.0. The molecule has 0 spiro atoms. The number of nitrogens with zero attached hydrogens (tertiary/aromatic N) is 4. The second kappa shape index (κ2) is 11.9. The Balaban J connectivity index is 1.58. The van der Waals surface area contributed by atoms with Crippen LogP contribution in [-0.4, -0.2) is 52.4 Å². The van der Waals surface area contributed by atoms with Gasteiger partial charge in [0.2, 0.25) is 11.6 Å². The number of aromatic nitrogens is 2. The summed E-state index contributed by atoms with van der Waals surface area (Å²) in [5.41, 5.74) is 0.999. The molecule has 0 aliphatic carbocycles. The van der Waals surface area contributed by atoms with Crippen LogP contribution >= 0.6 is 0 Å². The summed E-state index contributed by atoms with van der Waals surface area (Å²) in [6.07, 6.45) is 3.46. The fourth-order valence-corrected chi connectivity index (χ4v) is 4.82. The van der Waals surface area contributed by atoms with Gasteiger partial charge in [-0.05, 0) is 63.3 Å². The van der Waals surface area contributed by atoms with Gasteiger partial charge in [-0.25, -0.2) is 13.6 Å². The first-order valence-corrected chi connectivity index (χ1v) is 13.1. The van der Waals surface area contributed by atoms with E-state index in [-0.39, 0.29) is 42.2 Å². The molecule has 10 heteroatoms. The third-order valence-corrected chi connectivity index (χ3v) is 6.61. The molecule has 3 aromatic rings. The number of rotatable bonds is 7. The van der Waals surface area contributed by atoms with Crippen molar-refractivity contribution < 1.29 is 27.8 Å². The molecule has 0 unspecified atom stereocenters. The molecule has 1 fully saturated rings. The van der Waals surface area contributed by atoms with Crippen LogP contribution in [-0.2, 0) is 20.9 Å². The minimum absolute atomic E-state index is 0.00232. The normalized spacial score (nSPS) is 15.4. The first kappa shape index (κ1) is 28.7. The van der Waals surface area contributed by atoms with Crippen molar-refractivity contribution in [1.82, 2.24) is 14.7 Å². The average molecular weight is 551 g/mol. The van der Waals surface area contributed by atoms with Crippen molar-refractivity contribution in [3.8, 4) is 28.1 Å². The van der Waals surface area contributed by atoms with Crippen LogP contribution in [0.25, 0.3) is 27.2 Å². The van der Waals surface area contributed by atoms with Gasteiger partial charge in [0.25, 0.3) is 0 Å². The van der Waals surface area contributed by atoms with Gasteiger partial charge < -0.3 is 14.4 Å². The second-order valence-electron chi connectivity index (χ2n) is 10.9. The van der Waals surface area contributed by atoms with E-state index in [0.717, 1.165) is 12.8 Å². The molecule has 0 saturated carbocycles. The quantitative estimate of drug-likeness (QED) is 0.265. The number of piperidine rings is 1. The maximum atomic E-state index is 14.6. The van der Waals surface area contributed by atoms with Crippen molar-refractivity contribution in [2.24, 2.45) is 5.92 Å². The van der Waals surface area contributed by atoms with E-state index in [2.05, 4.69) is 9.94 Å². The maximum absolute atomic E-state index is 14.6. The fourth-order valence-electron chi connectivity index (χ4n) is 4.82. The van der Waals surface area contributed by atoms with Crippen molar-refractivity contribution >= 4 is 17.6 Å². The number of hydrogen-bond donors (Lipinski definition) is 0. The van der Waals surface area contributed by atoms with Gasteiger partial charge in [-0.1, -0.05) is 18.2 Å². The lowest BCUT2D eigenvalue weighted by Gasteiger charge is -2.33. The minimum Gasteiger partial charge on any atom is -0.494 e. The van der Waals surface area contributed by atoms with Crippen molar-refractivity contribution in [3.63, 3.8) is 0 Å². The highest BCUT2D eigenvalue weighted by Crippen LogP contribution is 2.35. The predicted molar refractivity (Wildman–Crippen MR) is 146 cm³/mol. The highest BCUT2D eigenvalue weighted by atomic mass is 19.1. The van der Waals surface area contributed by atoms with Crippen LogP contribution in [0.2, 0.25) is 0 Å². The van der Waals surface area contributed by atoms with E-state index in [1.54, 1.807) is 23.2 Å². The monoisotopic (exact) mass is 550 g/mol. The summed E-state index contributed by atoms with van der Waals surface area (Å²) >= 11 is 0. The third-order valence-electron chi connectivity index (χ3n) is 6.61. The molecule has 2 heterocycles.